The van der Waals surface area contributed by atoms with Crippen LogP contribution in [-0.2, 0) is 9.53 Å². The molecule has 1 unspecified atom stereocenters. The van der Waals surface area contributed by atoms with Crippen LogP contribution in [0.15, 0.2) is 11.1 Å². The predicted octanol–water partition coefficient (Wildman–Crippen LogP) is -1.50. The van der Waals surface area contributed by atoms with Gasteiger partial charge in [-0.3, -0.25) is 15.0 Å². The Balaban J connectivity index is 2.15. The summed E-state index contributed by atoms with van der Waals surface area (Å²) in [5.41, 5.74) is 0. The van der Waals surface area contributed by atoms with Crippen LogP contribution < -0.4 is 5.32 Å². The predicted molar refractivity (Wildman–Crippen MR) is 69.6 cm³/mol. The number of rotatable bonds is 3. The molecule has 2 fully saturated rings. The molecule has 9 heteroatoms. The van der Waals surface area contributed by atoms with E-state index in [2.05, 4.69) is 21.2 Å². The molecule has 0 aromatic rings. The summed E-state index contributed by atoms with van der Waals surface area (Å²) in [6, 6.07) is -0.705. The Labute approximate surface area is 123 Å². The molecule has 2 aliphatic rings. The van der Waals surface area contributed by atoms with Crippen LogP contribution >= 0.6 is 15.9 Å². The van der Waals surface area contributed by atoms with E-state index in [0.717, 1.165) is 4.90 Å². The zero-order valence-electron chi connectivity index (χ0n) is 10.3. The Morgan fingerprint density at radius 3 is 2.65 bits per heavy atom. The first-order chi connectivity index (χ1) is 9.49. The Kier molecular flexibility index (Phi) is 4.76. The lowest BCUT2D eigenvalue weighted by Crippen LogP contribution is -2.59. The van der Waals surface area contributed by atoms with Crippen molar-refractivity contribution in [2.75, 3.05) is 13.2 Å². The van der Waals surface area contributed by atoms with E-state index in [1.54, 1.807) is 6.08 Å². The summed E-state index contributed by atoms with van der Waals surface area (Å²) in [7, 11) is 0. The molecule has 112 valence electrons. The van der Waals surface area contributed by atoms with Crippen molar-refractivity contribution in [3.8, 4) is 0 Å². The number of imide groups is 1. The molecule has 2 saturated heterocycles. The van der Waals surface area contributed by atoms with Crippen molar-refractivity contribution < 1.29 is 29.6 Å². The molecular formula is C11H15BrN2O6. The first kappa shape index (κ1) is 15.4. The van der Waals surface area contributed by atoms with Gasteiger partial charge in [-0.15, -0.1) is 0 Å². The van der Waals surface area contributed by atoms with Crippen LogP contribution in [0.5, 0.6) is 0 Å². The second kappa shape index (κ2) is 6.19. The molecule has 2 rings (SSSR count). The number of hydrogen-bond acceptors (Lipinski definition) is 6. The standard InChI is InChI=1S/C11H15BrN2O6/c12-2-1-5-3-14(11(19)13-9(5)18)10-8(17)7(16)6(4-15)20-10/h1-2,5-8,10,15-17H,3-4H2,(H,13,18,19)/b2-1+/t5?,6-,7-,8+,10-/m1/s1. The molecule has 5 atom stereocenters. The van der Waals surface area contributed by atoms with Gasteiger partial charge in [0.2, 0.25) is 5.91 Å². The molecule has 0 bridgehead atoms. The SMILES string of the molecule is O=C1NC(=O)N([C@@H]2O[C@H](CO)[C@@H](O)[C@@H]2O)CC1/C=C/Br. The van der Waals surface area contributed by atoms with Gasteiger partial charge >= 0.3 is 6.03 Å². The molecule has 0 aromatic heterocycles. The average Bonchev–Trinajstić information content (AvgIpc) is 2.70. The van der Waals surface area contributed by atoms with E-state index >= 15 is 0 Å². The molecule has 0 saturated carbocycles. The molecule has 20 heavy (non-hydrogen) atoms. The third kappa shape index (κ3) is 2.72. The number of hydrogen-bond donors (Lipinski definition) is 4. The number of aliphatic hydroxyl groups is 3. The van der Waals surface area contributed by atoms with Gasteiger partial charge in [0, 0.05) is 6.54 Å². The maximum absolute atomic E-state index is 11.8. The third-order valence-corrected chi connectivity index (χ3v) is 3.66. The molecule has 0 spiro atoms. The van der Waals surface area contributed by atoms with E-state index in [1.165, 1.54) is 4.99 Å². The normalized spacial score (nSPS) is 38.6. The van der Waals surface area contributed by atoms with E-state index in [-0.39, 0.29) is 6.54 Å². The van der Waals surface area contributed by atoms with E-state index in [4.69, 9.17) is 9.84 Å². The van der Waals surface area contributed by atoms with Gasteiger partial charge in [-0.25, -0.2) is 4.79 Å². The van der Waals surface area contributed by atoms with Crippen molar-refractivity contribution in [3.05, 3.63) is 11.1 Å². The van der Waals surface area contributed by atoms with E-state index in [9.17, 15) is 19.8 Å². The lowest BCUT2D eigenvalue weighted by molar-refractivity contribution is -0.129. The van der Waals surface area contributed by atoms with Gasteiger partial charge < -0.3 is 20.1 Å². The van der Waals surface area contributed by atoms with Gasteiger partial charge in [-0.1, -0.05) is 22.0 Å². The lowest BCUT2D eigenvalue weighted by atomic mass is 10.1. The number of nitrogens with zero attached hydrogens (tertiary/aromatic N) is 1. The summed E-state index contributed by atoms with van der Waals surface area (Å²) in [6.07, 6.45) is -3.16. The zero-order valence-corrected chi connectivity index (χ0v) is 11.9. The van der Waals surface area contributed by atoms with Crippen molar-refractivity contribution in [2.24, 2.45) is 5.92 Å². The van der Waals surface area contributed by atoms with Crippen LogP contribution in [0.4, 0.5) is 4.79 Å². The van der Waals surface area contributed by atoms with Gasteiger partial charge in [-0.05, 0) is 4.99 Å². The summed E-state index contributed by atoms with van der Waals surface area (Å²) in [5, 5.41) is 30.8. The molecule has 0 aliphatic carbocycles. The molecule has 4 N–H and O–H groups in total. The van der Waals surface area contributed by atoms with Crippen LogP contribution in [0.25, 0.3) is 0 Å². The largest absolute Gasteiger partial charge is 0.394 e. The fourth-order valence-electron chi connectivity index (χ4n) is 2.24. The average molecular weight is 351 g/mol. The highest BCUT2D eigenvalue weighted by Crippen LogP contribution is 2.26. The van der Waals surface area contributed by atoms with Crippen LogP contribution in [-0.4, -0.2) is 69.8 Å². The fraction of sp³-hybridized carbons (Fsp3) is 0.636. The van der Waals surface area contributed by atoms with Gasteiger partial charge in [0.05, 0.1) is 12.5 Å². The van der Waals surface area contributed by atoms with Gasteiger partial charge in [0.15, 0.2) is 6.23 Å². The van der Waals surface area contributed by atoms with Crippen LogP contribution in [0.3, 0.4) is 0 Å². The van der Waals surface area contributed by atoms with Crippen molar-refractivity contribution >= 4 is 27.9 Å². The van der Waals surface area contributed by atoms with E-state index < -0.39 is 49.0 Å². The fourth-order valence-corrected chi connectivity index (χ4v) is 2.61. The summed E-state index contributed by atoms with van der Waals surface area (Å²) >= 11 is 3.06. The van der Waals surface area contributed by atoms with Crippen LogP contribution in [0.2, 0.25) is 0 Å². The molecular weight excluding hydrogens is 336 g/mol. The Hall–Kier alpha value is -1.00. The van der Waals surface area contributed by atoms with Crippen molar-refractivity contribution in [3.63, 3.8) is 0 Å². The first-order valence-corrected chi connectivity index (χ1v) is 6.92. The lowest BCUT2D eigenvalue weighted by Gasteiger charge is -2.35. The monoisotopic (exact) mass is 350 g/mol. The number of carbonyl (C=O) groups is 2. The zero-order chi connectivity index (χ0) is 14.9. The van der Waals surface area contributed by atoms with Gasteiger partial charge in [0.25, 0.3) is 0 Å². The Bertz CT molecular complexity index is 431. The maximum Gasteiger partial charge on any atom is 0.326 e. The summed E-state index contributed by atoms with van der Waals surface area (Å²) < 4.78 is 5.27. The number of urea groups is 1. The van der Waals surface area contributed by atoms with Crippen LogP contribution in [0, 0.1) is 5.92 Å². The number of amides is 3. The van der Waals surface area contributed by atoms with Gasteiger partial charge in [-0.2, -0.15) is 0 Å². The Morgan fingerprint density at radius 1 is 1.40 bits per heavy atom. The van der Waals surface area contributed by atoms with E-state index in [1.807, 2.05) is 0 Å². The summed E-state index contributed by atoms with van der Waals surface area (Å²) in [4.78, 5) is 26.0. The molecule has 3 amide bonds. The number of ether oxygens (including phenoxy) is 1. The van der Waals surface area contributed by atoms with Crippen molar-refractivity contribution in [1.29, 1.82) is 0 Å². The first-order valence-electron chi connectivity index (χ1n) is 6.00. The number of halogens is 1. The second-order valence-electron chi connectivity index (χ2n) is 4.60. The number of aliphatic hydroxyl groups excluding tert-OH is 3. The topological polar surface area (TPSA) is 119 Å². The van der Waals surface area contributed by atoms with Crippen molar-refractivity contribution in [2.45, 2.75) is 24.5 Å². The van der Waals surface area contributed by atoms with Gasteiger partial charge in [0.1, 0.15) is 18.3 Å². The molecule has 0 aromatic carbocycles. The minimum atomic E-state index is -1.35. The summed E-state index contributed by atoms with van der Waals surface area (Å²) in [5.74, 6) is -1.04. The molecule has 2 heterocycles. The quantitative estimate of drug-likeness (QED) is 0.492. The number of carbonyl (C=O) groups excluding carboxylic acids is 2. The van der Waals surface area contributed by atoms with E-state index in [0.29, 0.717) is 0 Å². The minimum Gasteiger partial charge on any atom is -0.394 e. The minimum absolute atomic E-state index is 0.0133. The van der Waals surface area contributed by atoms with Crippen molar-refractivity contribution in [1.82, 2.24) is 10.2 Å². The molecule has 0 radical (unpaired) electrons. The third-order valence-electron chi connectivity index (χ3n) is 3.35. The Morgan fingerprint density at radius 2 is 2.10 bits per heavy atom. The maximum atomic E-state index is 11.8. The summed E-state index contributed by atoms with van der Waals surface area (Å²) in [6.45, 7) is -0.465. The highest BCUT2D eigenvalue weighted by molar-refractivity contribution is 9.11. The van der Waals surface area contributed by atoms with Crippen LogP contribution in [0.1, 0.15) is 0 Å². The highest BCUT2D eigenvalue weighted by Gasteiger charge is 2.48. The highest BCUT2D eigenvalue weighted by atomic mass is 79.9. The smallest absolute Gasteiger partial charge is 0.326 e. The molecule has 2 aliphatic heterocycles. The number of nitrogens with one attached hydrogen (secondary N) is 1. The second-order valence-corrected chi connectivity index (χ2v) is 5.13. The molecule has 8 nitrogen and oxygen atoms in total.